The van der Waals surface area contributed by atoms with E-state index >= 15 is 0 Å². The Morgan fingerprint density at radius 2 is 1.05 bits per heavy atom. The molecule has 9 N–H and O–H groups in total. The van der Waals surface area contributed by atoms with Crippen LogP contribution < -0.4 is 52.0 Å². The number of carbonyl (C=O) groups excluding carboxylic acids is 7. The highest BCUT2D eigenvalue weighted by atomic mass is 16.6. The Bertz CT molecular complexity index is 2470. The first kappa shape index (κ1) is 56.8. The zero-order valence-corrected chi connectivity index (χ0v) is 45.1. The van der Waals surface area contributed by atoms with Crippen molar-refractivity contribution in [3.8, 4) is 11.5 Å². The van der Waals surface area contributed by atoms with Crippen LogP contribution in [-0.2, 0) is 24.0 Å². The minimum atomic E-state index is -1.02. The Morgan fingerprint density at radius 1 is 0.608 bits per heavy atom. The zero-order chi connectivity index (χ0) is 54.2. The topological polar surface area (TPSA) is 256 Å². The third kappa shape index (κ3) is 13.8. The molecule has 10 unspecified atom stereocenters. The summed E-state index contributed by atoms with van der Waals surface area (Å²) in [6, 6.07) is 12.9. The van der Waals surface area contributed by atoms with Crippen molar-refractivity contribution in [3.63, 3.8) is 0 Å². The van der Waals surface area contributed by atoms with Crippen LogP contribution in [-0.4, -0.2) is 151 Å². The summed E-state index contributed by atoms with van der Waals surface area (Å²) in [5.74, 6) is -2.89. The second kappa shape index (κ2) is 24.2. The molecule has 0 saturated carbocycles. The predicted molar refractivity (Wildman–Crippen MR) is 280 cm³/mol. The summed E-state index contributed by atoms with van der Waals surface area (Å²) in [5.41, 5.74) is 0.479. The quantitative estimate of drug-likeness (QED) is 0.0841. The van der Waals surface area contributed by atoms with Crippen molar-refractivity contribution in [1.29, 1.82) is 0 Å². The molecule has 3 aromatic rings. The van der Waals surface area contributed by atoms with E-state index in [0.717, 1.165) is 11.1 Å². The first-order chi connectivity index (χ1) is 34.9. The van der Waals surface area contributed by atoms with Crippen LogP contribution in [0.2, 0.25) is 0 Å². The molecule has 2 fully saturated rings. The lowest BCUT2D eigenvalue weighted by Crippen LogP contribution is -2.59. The standard InChI is InChI=1S/C54H79N11O9/c1-30(34-19-15-13-16-20-34)57-48(68)38-25-36(27-64(38)29-40(53(5,6)7)61-46(66)32(3)55-11)59-50(70)41-43-44(74-24-23-73-43)42(62-41)51(71)60-37-26-39(49(69)58-31(2)35-21-17-14-18-22-35)65(28-37)52(72)45(54(8,9)10)63-47(67)33(4)56-12/h13-22,30-33,36-40,45,55-56,62H,23-29H2,1-12H3,(H,57,68)(H,58,69)(H,59,70)(H,60,71)(H,61,66)(H,63,67). The molecule has 7 amide bonds. The van der Waals surface area contributed by atoms with Crippen LogP contribution in [0.15, 0.2) is 60.7 Å². The molecule has 1 aromatic heterocycles. The fourth-order valence-corrected chi connectivity index (χ4v) is 9.46. The smallest absolute Gasteiger partial charge is 0.272 e. The Balaban J connectivity index is 1.23. The largest absolute Gasteiger partial charge is 0.484 e. The molecule has 20 nitrogen and oxygen atoms in total. The molecule has 0 spiro atoms. The number of rotatable bonds is 19. The van der Waals surface area contributed by atoms with Gasteiger partial charge in [-0.2, -0.15) is 0 Å². The first-order valence-corrected chi connectivity index (χ1v) is 25.7. The number of benzene rings is 2. The fraction of sp³-hybridized carbons (Fsp3) is 0.574. The Morgan fingerprint density at radius 3 is 1.51 bits per heavy atom. The number of hydrogen-bond acceptors (Lipinski definition) is 12. The molecule has 404 valence electrons. The molecule has 0 radical (unpaired) electrons. The molecule has 74 heavy (non-hydrogen) atoms. The van der Waals surface area contributed by atoms with Gasteiger partial charge < -0.3 is 61.9 Å². The van der Waals surface area contributed by atoms with Crippen molar-refractivity contribution in [2.75, 3.05) is 46.9 Å². The summed E-state index contributed by atoms with van der Waals surface area (Å²) in [7, 11) is 3.36. The molecule has 0 aliphatic carbocycles. The van der Waals surface area contributed by atoms with E-state index in [2.05, 4.69) is 47.5 Å². The Kier molecular flexibility index (Phi) is 18.6. The second-order valence-electron chi connectivity index (χ2n) is 22.1. The highest BCUT2D eigenvalue weighted by Crippen LogP contribution is 2.39. The number of ether oxygens (including phenoxy) is 2. The van der Waals surface area contributed by atoms with E-state index in [1.165, 1.54) is 4.90 Å². The van der Waals surface area contributed by atoms with Gasteiger partial charge in [-0.15, -0.1) is 0 Å². The lowest BCUT2D eigenvalue weighted by Gasteiger charge is -2.37. The van der Waals surface area contributed by atoms with Crippen molar-refractivity contribution in [2.45, 2.75) is 142 Å². The van der Waals surface area contributed by atoms with E-state index in [9.17, 15) is 33.6 Å². The minimum Gasteiger partial charge on any atom is -0.484 e. The zero-order valence-electron chi connectivity index (χ0n) is 45.1. The van der Waals surface area contributed by atoms with Crippen molar-refractivity contribution >= 4 is 41.4 Å². The number of aromatic nitrogens is 1. The van der Waals surface area contributed by atoms with Crippen molar-refractivity contribution in [2.24, 2.45) is 10.8 Å². The maximum Gasteiger partial charge on any atom is 0.272 e. The van der Waals surface area contributed by atoms with Crippen molar-refractivity contribution in [1.82, 2.24) is 57.3 Å². The van der Waals surface area contributed by atoms with E-state index < -0.39 is 82.8 Å². The summed E-state index contributed by atoms with van der Waals surface area (Å²) in [5, 5.41) is 24.2. The monoisotopic (exact) mass is 1030 g/mol. The molecule has 0 bridgehead atoms. The first-order valence-electron chi connectivity index (χ1n) is 25.7. The van der Waals surface area contributed by atoms with E-state index in [0.29, 0.717) is 6.54 Å². The van der Waals surface area contributed by atoms with Gasteiger partial charge >= 0.3 is 0 Å². The molecular weight excluding hydrogens is 947 g/mol. The number of nitrogens with zero attached hydrogens (tertiary/aromatic N) is 2. The summed E-state index contributed by atoms with van der Waals surface area (Å²) in [6.07, 6.45) is 0.288. The normalized spacial score (nSPS) is 21.3. The van der Waals surface area contributed by atoms with E-state index in [-0.39, 0.29) is 91.8 Å². The summed E-state index contributed by atoms with van der Waals surface area (Å²) >= 11 is 0. The summed E-state index contributed by atoms with van der Waals surface area (Å²) in [6.45, 7) is 19.5. The van der Waals surface area contributed by atoms with Crippen LogP contribution in [0.4, 0.5) is 0 Å². The number of aromatic amines is 1. The highest BCUT2D eigenvalue weighted by molar-refractivity contribution is 6.03. The lowest BCUT2D eigenvalue weighted by atomic mass is 9.85. The molecule has 20 heteroatoms. The highest BCUT2D eigenvalue weighted by Gasteiger charge is 2.47. The van der Waals surface area contributed by atoms with Crippen LogP contribution >= 0.6 is 0 Å². The van der Waals surface area contributed by atoms with Gasteiger partial charge in [0.05, 0.1) is 30.2 Å². The molecule has 3 aliphatic heterocycles. The summed E-state index contributed by atoms with van der Waals surface area (Å²) < 4.78 is 12.0. The molecule has 4 heterocycles. The number of carbonyl (C=O) groups is 7. The van der Waals surface area contributed by atoms with Crippen LogP contribution in [0.25, 0.3) is 0 Å². The number of amides is 7. The van der Waals surface area contributed by atoms with E-state index in [1.54, 1.807) is 27.9 Å². The van der Waals surface area contributed by atoms with Gasteiger partial charge in [-0.25, -0.2) is 0 Å². The lowest BCUT2D eigenvalue weighted by molar-refractivity contribution is -0.144. The number of fused-ring (bicyclic) bond motifs is 1. The van der Waals surface area contributed by atoms with Gasteiger partial charge in [0.2, 0.25) is 29.5 Å². The molecule has 2 aromatic carbocycles. The van der Waals surface area contributed by atoms with E-state index in [4.69, 9.17) is 9.47 Å². The van der Waals surface area contributed by atoms with Gasteiger partial charge in [0.25, 0.3) is 11.8 Å². The third-order valence-electron chi connectivity index (χ3n) is 14.4. The molecule has 10 atom stereocenters. The average Bonchev–Trinajstić information content (AvgIpc) is 4.10. The Labute approximate surface area is 435 Å². The molecule has 2 saturated heterocycles. The van der Waals surface area contributed by atoms with Gasteiger partial charge in [0, 0.05) is 37.8 Å². The van der Waals surface area contributed by atoms with Crippen LogP contribution in [0.1, 0.15) is 126 Å². The van der Waals surface area contributed by atoms with E-state index in [1.807, 2.05) is 121 Å². The number of likely N-dealkylation sites (N-methyl/N-ethyl adjacent to an activating group) is 2. The number of hydrogen-bond donors (Lipinski definition) is 9. The Hall–Kier alpha value is -6.51. The number of likely N-dealkylation sites (tertiary alicyclic amines) is 2. The molecule has 3 aliphatic rings. The molecule has 6 rings (SSSR count). The van der Waals surface area contributed by atoms with Gasteiger partial charge in [0.15, 0.2) is 22.9 Å². The predicted octanol–water partition coefficient (Wildman–Crippen LogP) is 2.69. The maximum absolute atomic E-state index is 14.6. The maximum atomic E-state index is 14.6. The van der Waals surface area contributed by atoms with Gasteiger partial charge in [-0.1, -0.05) is 102 Å². The van der Waals surface area contributed by atoms with Crippen LogP contribution in [0.3, 0.4) is 0 Å². The minimum absolute atomic E-state index is 0.0322. The second-order valence-corrected chi connectivity index (χ2v) is 22.1. The average molecular weight is 1030 g/mol. The molecular formula is C54H79N11O9. The summed E-state index contributed by atoms with van der Waals surface area (Å²) in [4.78, 5) is 105. The van der Waals surface area contributed by atoms with Crippen molar-refractivity contribution in [3.05, 3.63) is 83.2 Å². The third-order valence-corrected chi connectivity index (χ3v) is 14.4. The van der Waals surface area contributed by atoms with Crippen molar-refractivity contribution < 1.29 is 43.0 Å². The number of H-pyrrole nitrogens is 1. The van der Waals surface area contributed by atoms with Gasteiger partial charge in [-0.05, 0) is 76.6 Å². The van der Waals surface area contributed by atoms with Crippen LogP contribution in [0, 0.1) is 10.8 Å². The fourth-order valence-electron chi connectivity index (χ4n) is 9.46. The van der Waals surface area contributed by atoms with Gasteiger partial charge in [0.1, 0.15) is 25.3 Å². The van der Waals surface area contributed by atoms with Crippen LogP contribution in [0.5, 0.6) is 11.5 Å². The SMILES string of the molecule is CNC(C)C(=O)NC(CN1CC(NC(=O)c2[nH]c(C(=O)NC3CC(C(=O)NC(C)c4ccccc4)N(C(=O)C(NC(=O)C(C)NC)C(C)(C)C)C3)c3c2OCCO3)CC1C(=O)NC(C)c1ccccc1)C(C)(C)C. The number of nitrogens with one attached hydrogen (secondary N) is 9. The van der Waals surface area contributed by atoms with Gasteiger partial charge in [-0.3, -0.25) is 38.5 Å².